The number of nitrogens with two attached hydrogens (primary N) is 2. The molecule has 0 unspecified atom stereocenters. The van der Waals surface area contributed by atoms with Gasteiger partial charge in [-0.05, 0) is 36.4 Å². The van der Waals surface area contributed by atoms with Crippen molar-refractivity contribution in [2.75, 3.05) is 11.5 Å². The molecule has 5 N–H and O–H groups in total. The summed E-state index contributed by atoms with van der Waals surface area (Å²) in [6, 6.07) is 10.6. The molecule has 0 atom stereocenters. The van der Waals surface area contributed by atoms with Gasteiger partial charge in [0.1, 0.15) is 16.4 Å². The first-order valence-electron chi connectivity index (χ1n) is 5.27. The summed E-state index contributed by atoms with van der Waals surface area (Å²) in [4.78, 5) is -0.388. The second-order valence-corrected chi connectivity index (χ2v) is 5.24. The molecule has 100 valence electrons. The van der Waals surface area contributed by atoms with Crippen molar-refractivity contribution in [3.05, 3.63) is 42.5 Å². The molecule has 0 radical (unpaired) electrons. The number of ether oxygens (including phenoxy) is 1. The monoisotopic (exact) mass is 280 g/mol. The van der Waals surface area contributed by atoms with E-state index in [2.05, 4.69) is 0 Å². The molecule has 0 aliphatic heterocycles. The Balaban J connectivity index is 2.34. The van der Waals surface area contributed by atoms with Crippen LogP contribution in [0.3, 0.4) is 0 Å². The highest BCUT2D eigenvalue weighted by molar-refractivity contribution is 7.86. The number of hydrogen-bond acceptors (Lipinski definition) is 5. The minimum atomic E-state index is -4.38. The molecule has 2 aromatic carbocycles. The molecule has 2 aromatic rings. The predicted octanol–water partition coefficient (Wildman–Crippen LogP) is 1.89. The number of rotatable bonds is 3. The van der Waals surface area contributed by atoms with Gasteiger partial charge in [0.15, 0.2) is 0 Å². The average molecular weight is 280 g/mol. The Hall–Kier alpha value is -2.25. The third-order valence-electron chi connectivity index (χ3n) is 2.38. The molecule has 0 aliphatic rings. The molecule has 0 saturated carbocycles. The zero-order chi connectivity index (χ0) is 14.0. The zero-order valence-corrected chi connectivity index (χ0v) is 10.6. The largest absolute Gasteiger partial charge is 0.457 e. The summed E-state index contributed by atoms with van der Waals surface area (Å²) in [6.07, 6.45) is 0. The van der Waals surface area contributed by atoms with Crippen LogP contribution in [0, 0.1) is 0 Å². The summed E-state index contributed by atoms with van der Waals surface area (Å²) in [6.45, 7) is 0. The van der Waals surface area contributed by atoms with Gasteiger partial charge in [0.2, 0.25) is 0 Å². The van der Waals surface area contributed by atoms with E-state index in [0.717, 1.165) is 6.07 Å². The maximum atomic E-state index is 11.1. The van der Waals surface area contributed by atoms with Crippen LogP contribution >= 0.6 is 0 Å². The molecule has 0 spiro atoms. The highest BCUT2D eigenvalue weighted by Gasteiger charge is 2.15. The molecular weight excluding hydrogens is 268 g/mol. The van der Waals surface area contributed by atoms with Crippen LogP contribution in [0.1, 0.15) is 0 Å². The Morgan fingerprint density at radius 2 is 1.53 bits per heavy atom. The van der Waals surface area contributed by atoms with E-state index >= 15 is 0 Å². The molecule has 0 aromatic heterocycles. The molecule has 7 heteroatoms. The lowest BCUT2D eigenvalue weighted by Gasteiger charge is -2.08. The Kier molecular flexibility index (Phi) is 3.32. The van der Waals surface area contributed by atoms with Gasteiger partial charge < -0.3 is 16.2 Å². The van der Waals surface area contributed by atoms with Crippen LogP contribution in [0.5, 0.6) is 11.5 Å². The van der Waals surface area contributed by atoms with Gasteiger partial charge in [-0.1, -0.05) is 0 Å². The number of anilines is 2. The van der Waals surface area contributed by atoms with Crippen LogP contribution in [0.25, 0.3) is 0 Å². The van der Waals surface area contributed by atoms with Gasteiger partial charge in [0.05, 0.1) is 5.69 Å². The Morgan fingerprint density at radius 1 is 0.947 bits per heavy atom. The van der Waals surface area contributed by atoms with Crippen LogP contribution in [-0.2, 0) is 10.1 Å². The lowest BCUT2D eigenvalue weighted by molar-refractivity contribution is 0.472. The molecule has 0 amide bonds. The highest BCUT2D eigenvalue weighted by Crippen LogP contribution is 2.28. The van der Waals surface area contributed by atoms with E-state index < -0.39 is 10.1 Å². The summed E-state index contributed by atoms with van der Waals surface area (Å²) >= 11 is 0. The minimum absolute atomic E-state index is 0.0489. The molecule has 0 heterocycles. The van der Waals surface area contributed by atoms with E-state index in [-0.39, 0.29) is 16.3 Å². The predicted molar refractivity (Wildman–Crippen MR) is 71.6 cm³/mol. The van der Waals surface area contributed by atoms with E-state index in [1.807, 2.05) is 0 Å². The summed E-state index contributed by atoms with van der Waals surface area (Å²) < 4.78 is 36.7. The van der Waals surface area contributed by atoms with E-state index in [4.69, 9.17) is 20.8 Å². The summed E-state index contributed by atoms with van der Waals surface area (Å²) in [7, 11) is -4.38. The highest BCUT2D eigenvalue weighted by atomic mass is 32.2. The topological polar surface area (TPSA) is 116 Å². The van der Waals surface area contributed by atoms with Crippen molar-refractivity contribution in [3.63, 3.8) is 0 Å². The molecule has 0 saturated heterocycles. The number of hydrogen-bond donors (Lipinski definition) is 3. The SMILES string of the molecule is Nc1ccc(Oc2ccc(N)c(S(=O)(=O)O)c2)cc1. The van der Waals surface area contributed by atoms with Crippen molar-refractivity contribution in [2.24, 2.45) is 0 Å². The van der Waals surface area contributed by atoms with Crippen molar-refractivity contribution in [2.45, 2.75) is 4.90 Å². The van der Waals surface area contributed by atoms with Crippen molar-refractivity contribution < 1.29 is 17.7 Å². The molecule has 0 bridgehead atoms. The maximum Gasteiger partial charge on any atom is 0.296 e. The van der Waals surface area contributed by atoms with Crippen LogP contribution in [0.2, 0.25) is 0 Å². The summed E-state index contributed by atoms with van der Waals surface area (Å²) in [5, 5.41) is 0. The van der Waals surface area contributed by atoms with Crippen LogP contribution in [0.15, 0.2) is 47.4 Å². The Morgan fingerprint density at radius 3 is 2.11 bits per heavy atom. The molecule has 0 aliphatic carbocycles. The Labute approximate surface area is 110 Å². The van der Waals surface area contributed by atoms with Gasteiger partial charge in [0, 0.05) is 11.8 Å². The zero-order valence-electron chi connectivity index (χ0n) is 9.78. The van der Waals surface area contributed by atoms with E-state index in [1.165, 1.54) is 12.1 Å². The molecule has 6 nitrogen and oxygen atoms in total. The first-order valence-corrected chi connectivity index (χ1v) is 6.71. The van der Waals surface area contributed by atoms with Gasteiger partial charge in [-0.3, -0.25) is 4.55 Å². The van der Waals surface area contributed by atoms with Gasteiger partial charge in [0.25, 0.3) is 10.1 Å². The fourth-order valence-electron chi connectivity index (χ4n) is 1.47. The number of nitrogen functional groups attached to an aromatic ring is 2. The van der Waals surface area contributed by atoms with Crippen molar-refractivity contribution in [1.29, 1.82) is 0 Å². The Bertz CT molecular complexity index is 696. The second-order valence-electron chi connectivity index (χ2n) is 3.85. The minimum Gasteiger partial charge on any atom is -0.457 e. The van der Waals surface area contributed by atoms with Gasteiger partial charge in [-0.25, -0.2) is 0 Å². The fraction of sp³-hybridized carbons (Fsp3) is 0. The lowest BCUT2D eigenvalue weighted by atomic mass is 10.3. The van der Waals surface area contributed by atoms with Crippen LogP contribution in [0.4, 0.5) is 11.4 Å². The maximum absolute atomic E-state index is 11.1. The van der Waals surface area contributed by atoms with E-state index in [1.54, 1.807) is 24.3 Å². The normalized spacial score (nSPS) is 11.2. The smallest absolute Gasteiger partial charge is 0.296 e. The third kappa shape index (κ3) is 3.15. The van der Waals surface area contributed by atoms with Crippen molar-refractivity contribution in [3.8, 4) is 11.5 Å². The average Bonchev–Trinajstić information content (AvgIpc) is 2.33. The standard InChI is InChI=1S/C12H12N2O4S/c13-8-1-3-9(4-2-8)18-10-5-6-11(14)12(7-10)19(15,16)17/h1-7H,13-14H2,(H,15,16,17). The van der Waals surface area contributed by atoms with E-state index in [9.17, 15) is 8.42 Å². The van der Waals surface area contributed by atoms with Crippen LogP contribution in [-0.4, -0.2) is 13.0 Å². The van der Waals surface area contributed by atoms with Crippen LogP contribution < -0.4 is 16.2 Å². The van der Waals surface area contributed by atoms with Gasteiger partial charge >= 0.3 is 0 Å². The number of benzene rings is 2. The molecule has 19 heavy (non-hydrogen) atoms. The molecule has 0 fully saturated rings. The van der Waals surface area contributed by atoms with Crippen molar-refractivity contribution in [1.82, 2.24) is 0 Å². The molecular formula is C12H12N2O4S. The second kappa shape index (κ2) is 4.79. The summed E-state index contributed by atoms with van der Waals surface area (Å²) in [5.41, 5.74) is 11.6. The quantitative estimate of drug-likeness (QED) is 0.584. The van der Waals surface area contributed by atoms with Gasteiger partial charge in [-0.15, -0.1) is 0 Å². The van der Waals surface area contributed by atoms with Gasteiger partial charge in [-0.2, -0.15) is 8.42 Å². The van der Waals surface area contributed by atoms with Crippen molar-refractivity contribution >= 4 is 21.5 Å². The lowest BCUT2D eigenvalue weighted by Crippen LogP contribution is -2.03. The fourth-order valence-corrected chi connectivity index (χ4v) is 2.10. The third-order valence-corrected chi connectivity index (χ3v) is 3.29. The first-order chi connectivity index (χ1) is 8.86. The molecule has 2 rings (SSSR count). The first kappa shape index (κ1) is 13.2. The van der Waals surface area contributed by atoms with E-state index in [0.29, 0.717) is 11.4 Å². The summed E-state index contributed by atoms with van der Waals surface area (Å²) in [5.74, 6) is 0.729.